The summed E-state index contributed by atoms with van der Waals surface area (Å²) in [5.74, 6) is 0.502. The molecule has 0 unspecified atom stereocenters. The Morgan fingerprint density at radius 3 is 2.68 bits per heavy atom. The summed E-state index contributed by atoms with van der Waals surface area (Å²) in [6.07, 6.45) is 1.85. The molecule has 2 aromatic carbocycles. The number of H-pyrrole nitrogens is 1. The number of benzene rings is 2. The van der Waals surface area contributed by atoms with Crippen LogP contribution >= 0.6 is 0 Å². The molecule has 124 valence electrons. The van der Waals surface area contributed by atoms with E-state index in [1.54, 1.807) is 4.68 Å². The van der Waals surface area contributed by atoms with Crippen LogP contribution in [-0.2, 0) is 6.54 Å². The second-order valence-electron chi connectivity index (χ2n) is 5.82. The lowest BCUT2D eigenvalue weighted by molar-refractivity contribution is 0.0944. The van der Waals surface area contributed by atoms with E-state index in [2.05, 4.69) is 20.4 Å². The van der Waals surface area contributed by atoms with Gasteiger partial charge in [0.1, 0.15) is 5.82 Å². The van der Waals surface area contributed by atoms with Crippen molar-refractivity contribution in [2.45, 2.75) is 13.5 Å². The lowest BCUT2D eigenvalue weighted by Gasteiger charge is -2.02. The minimum absolute atomic E-state index is 0.215. The molecule has 0 saturated carbocycles. The number of nitrogens with one attached hydrogen (secondary N) is 2. The van der Waals surface area contributed by atoms with Crippen LogP contribution in [-0.4, -0.2) is 25.7 Å². The zero-order valence-electron chi connectivity index (χ0n) is 13.7. The predicted octanol–water partition coefficient (Wildman–Crippen LogP) is 2.99. The van der Waals surface area contributed by atoms with Gasteiger partial charge in [0.2, 0.25) is 0 Å². The van der Waals surface area contributed by atoms with Crippen LogP contribution in [0.1, 0.15) is 21.9 Å². The molecule has 6 heteroatoms. The third-order valence-corrected chi connectivity index (χ3v) is 3.99. The average Bonchev–Trinajstić information content (AvgIpc) is 3.23. The highest BCUT2D eigenvalue weighted by Crippen LogP contribution is 2.13. The second-order valence-corrected chi connectivity index (χ2v) is 5.82. The molecule has 6 nitrogen and oxygen atoms in total. The standard InChI is InChI=1S/C19H17N5O/c1-13-12-24(14-7-3-2-4-8-14)23-18(13)19(25)20-11-17-21-15-9-5-6-10-16(15)22-17/h2-10,12H,11H2,1H3,(H,20,25)(H,21,22). The molecule has 2 aromatic heterocycles. The van der Waals surface area contributed by atoms with Gasteiger partial charge in [-0.1, -0.05) is 30.3 Å². The summed E-state index contributed by atoms with van der Waals surface area (Å²) in [5, 5.41) is 7.28. The number of carbonyl (C=O) groups excluding carboxylic acids is 1. The fraction of sp³-hybridized carbons (Fsp3) is 0.105. The maximum Gasteiger partial charge on any atom is 0.272 e. The van der Waals surface area contributed by atoms with Crippen molar-refractivity contribution >= 4 is 16.9 Å². The minimum atomic E-state index is -0.215. The van der Waals surface area contributed by atoms with E-state index in [0.29, 0.717) is 12.2 Å². The molecule has 0 aliphatic rings. The van der Waals surface area contributed by atoms with Crippen molar-refractivity contribution in [3.8, 4) is 5.69 Å². The van der Waals surface area contributed by atoms with Gasteiger partial charge in [-0.25, -0.2) is 9.67 Å². The van der Waals surface area contributed by atoms with E-state index in [1.165, 1.54) is 0 Å². The van der Waals surface area contributed by atoms with Crippen molar-refractivity contribution in [2.75, 3.05) is 0 Å². The van der Waals surface area contributed by atoms with Gasteiger partial charge < -0.3 is 10.3 Å². The zero-order chi connectivity index (χ0) is 17.2. The molecular weight excluding hydrogens is 314 g/mol. The smallest absolute Gasteiger partial charge is 0.272 e. The molecule has 0 bridgehead atoms. The van der Waals surface area contributed by atoms with Gasteiger partial charge >= 0.3 is 0 Å². The van der Waals surface area contributed by atoms with Crippen molar-refractivity contribution in [3.63, 3.8) is 0 Å². The van der Waals surface area contributed by atoms with E-state index >= 15 is 0 Å². The molecule has 2 heterocycles. The highest BCUT2D eigenvalue weighted by molar-refractivity contribution is 5.93. The molecule has 0 radical (unpaired) electrons. The van der Waals surface area contributed by atoms with Crippen molar-refractivity contribution in [1.29, 1.82) is 0 Å². The van der Waals surface area contributed by atoms with Crippen molar-refractivity contribution in [3.05, 3.63) is 77.9 Å². The number of hydrogen-bond donors (Lipinski definition) is 2. The van der Waals surface area contributed by atoms with Gasteiger partial charge in [0, 0.05) is 11.8 Å². The van der Waals surface area contributed by atoms with Crippen LogP contribution in [0.25, 0.3) is 16.7 Å². The summed E-state index contributed by atoms with van der Waals surface area (Å²) >= 11 is 0. The molecule has 0 aliphatic heterocycles. The van der Waals surface area contributed by atoms with E-state index in [1.807, 2.05) is 67.7 Å². The van der Waals surface area contributed by atoms with Crippen LogP contribution in [0.15, 0.2) is 60.8 Å². The summed E-state index contributed by atoms with van der Waals surface area (Å²) in [5.41, 5.74) is 4.00. The molecule has 4 aromatic rings. The third-order valence-electron chi connectivity index (χ3n) is 3.99. The quantitative estimate of drug-likeness (QED) is 0.603. The van der Waals surface area contributed by atoms with Crippen molar-refractivity contribution in [1.82, 2.24) is 25.1 Å². The number of amides is 1. The Kier molecular flexibility index (Phi) is 3.78. The van der Waals surface area contributed by atoms with Crippen LogP contribution in [0.2, 0.25) is 0 Å². The summed E-state index contributed by atoms with van der Waals surface area (Å²) in [6.45, 7) is 2.20. The third kappa shape index (κ3) is 3.01. The first-order valence-corrected chi connectivity index (χ1v) is 8.04. The van der Waals surface area contributed by atoms with Gasteiger partial charge in [0.25, 0.3) is 5.91 Å². The number of para-hydroxylation sites is 3. The van der Waals surface area contributed by atoms with Crippen LogP contribution in [0.3, 0.4) is 0 Å². The fourth-order valence-corrected chi connectivity index (χ4v) is 2.73. The molecule has 1 amide bonds. The Hall–Kier alpha value is -3.41. The average molecular weight is 331 g/mol. The second kappa shape index (κ2) is 6.24. The molecule has 0 fully saturated rings. The van der Waals surface area contributed by atoms with Gasteiger partial charge in [0.05, 0.1) is 23.3 Å². The first kappa shape index (κ1) is 15.1. The summed E-state index contributed by atoms with van der Waals surface area (Å²) in [7, 11) is 0. The maximum absolute atomic E-state index is 12.5. The molecule has 25 heavy (non-hydrogen) atoms. The number of aromatic nitrogens is 4. The molecule has 0 aliphatic carbocycles. The summed E-state index contributed by atoms with van der Waals surface area (Å²) < 4.78 is 1.71. The zero-order valence-corrected chi connectivity index (χ0v) is 13.7. The summed E-state index contributed by atoms with van der Waals surface area (Å²) in [6, 6.07) is 17.5. The predicted molar refractivity (Wildman–Crippen MR) is 95.6 cm³/mol. The van der Waals surface area contributed by atoms with Gasteiger partial charge in [-0.3, -0.25) is 4.79 Å². The molecule has 2 N–H and O–H groups in total. The van der Waals surface area contributed by atoms with Gasteiger partial charge in [-0.2, -0.15) is 5.10 Å². The number of fused-ring (bicyclic) bond motifs is 1. The van der Waals surface area contributed by atoms with E-state index in [0.717, 1.165) is 28.1 Å². The Labute approximate surface area is 144 Å². The molecule has 0 spiro atoms. The van der Waals surface area contributed by atoms with Crippen LogP contribution in [0.5, 0.6) is 0 Å². The number of hydrogen-bond acceptors (Lipinski definition) is 3. The molecule has 0 atom stereocenters. The minimum Gasteiger partial charge on any atom is -0.343 e. The van der Waals surface area contributed by atoms with Gasteiger partial charge in [0.15, 0.2) is 5.69 Å². The Bertz CT molecular complexity index is 999. The number of aromatic amines is 1. The SMILES string of the molecule is Cc1cn(-c2ccccc2)nc1C(=O)NCc1nc2ccccc2[nH]1. The number of imidazole rings is 1. The van der Waals surface area contributed by atoms with Crippen molar-refractivity contribution in [2.24, 2.45) is 0 Å². The Balaban J connectivity index is 1.50. The molecular formula is C19H17N5O. The monoisotopic (exact) mass is 331 g/mol. The number of aryl methyl sites for hydroxylation is 1. The Morgan fingerprint density at radius 2 is 1.88 bits per heavy atom. The fourth-order valence-electron chi connectivity index (χ4n) is 2.73. The van der Waals surface area contributed by atoms with E-state index < -0.39 is 0 Å². The number of rotatable bonds is 4. The normalized spacial score (nSPS) is 10.9. The van der Waals surface area contributed by atoms with Crippen LogP contribution < -0.4 is 5.32 Å². The highest BCUT2D eigenvalue weighted by atomic mass is 16.1. The first-order chi connectivity index (χ1) is 12.2. The van der Waals surface area contributed by atoms with E-state index in [4.69, 9.17) is 0 Å². The van der Waals surface area contributed by atoms with Crippen molar-refractivity contribution < 1.29 is 4.79 Å². The Morgan fingerprint density at radius 1 is 1.12 bits per heavy atom. The van der Waals surface area contributed by atoms with Gasteiger partial charge in [-0.05, 0) is 31.2 Å². The number of nitrogens with zero attached hydrogens (tertiary/aromatic N) is 3. The van der Waals surface area contributed by atoms with E-state index in [9.17, 15) is 4.79 Å². The van der Waals surface area contributed by atoms with E-state index in [-0.39, 0.29) is 5.91 Å². The lowest BCUT2D eigenvalue weighted by atomic mass is 10.2. The van der Waals surface area contributed by atoms with Crippen LogP contribution in [0, 0.1) is 6.92 Å². The first-order valence-electron chi connectivity index (χ1n) is 8.04. The largest absolute Gasteiger partial charge is 0.343 e. The molecule has 4 rings (SSSR count). The van der Waals surface area contributed by atoms with Gasteiger partial charge in [-0.15, -0.1) is 0 Å². The maximum atomic E-state index is 12.5. The molecule has 0 saturated heterocycles. The van der Waals surface area contributed by atoms with Crippen LogP contribution in [0.4, 0.5) is 0 Å². The topological polar surface area (TPSA) is 75.6 Å². The number of carbonyl (C=O) groups is 1. The summed E-state index contributed by atoms with van der Waals surface area (Å²) in [4.78, 5) is 20.1. The highest BCUT2D eigenvalue weighted by Gasteiger charge is 2.15. The lowest BCUT2D eigenvalue weighted by Crippen LogP contribution is -2.24.